The summed E-state index contributed by atoms with van der Waals surface area (Å²) in [4.78, 5) is 32.3. The van der Waals surface area contributed by atoms with Gasteiger partial charge in [-0.25, -0.2) is 9.37 Å². The van der Waals surface area contributed by atoms with E-state index in [2.05, 4.69) is 4.98 Å². The average molecular weight is 489 g/mol. The Bertz CT molecular complexity index is 1490. The second-order valence-electron chi connectivity index (χ2n) is 8.12. The van der Waals surface area contributed by atoms with Crippen molar-refractivity contribution < 1.29 is 23.8 Å². The van der Waals surface area contributed by atoms with Gasteiger partial charge in [-0.15, -0.1) is 0 Å². The molecule has 1 aliphatic rings. The highest BCUT2D eigenvalue weighted by molar-refractivity contribution is 7.22. The van der Waals surface area contributed by atoms with Gasteiger partial charge in [-0.3, -0.25) is 14.5 Å². The van der Waals surface area contributed by atoms with Gasteiger partial charge in [0.15, 0.2) is 5.13 Å². The first-order valence-corrected chi connectivity index (χ1v) is 11.9. The Morgan fingerprint density at radius 1 is 1.11 bits per heavy atom. The van der Waals surface area contributed by atoms with Crippen molar-refractivity contribution in [3.8, 4) is 5.75 Å². The average Bonchev–Trinajstić information content (AvgIpc) is 3.37. The summed E-state index contributed by atoms with van der Waals surface area (Å²) in [7, 11) is 0. The molecule has 176 valence electrons. The molecule has 35 heavy (non-hydrogen) atoms. The summed E-state index contributed by atoms with van der Waals surface area (Å²) in [5.74, 6) is -2.17. The maximum Gasteiger partial charge on any atom is 0.301 e. The fourth-order valence-electron chi connectivity index (χ4n) is 4.17. The molecule has 2 heterocycles. The number of aliphatic hydroxyl groups is 1. The molecule has 1 aromatic heterocycles. The second-order valence-corrected chi connectivity index (χ2v) is 9.12. The Hall–Kier alpha value is -4.04. The predicted molar refractivity (Wildman–Crippen MR) is 133 cm³/mol. The highest BCUT2D eigenvalue weighted by Crippen LogP contribution is 2.45. The standard InChI is InChI=1S/C27H21FN2O4S/c1-3-34-17-11-9-16(10-12-17)24(31)22-23(18-6-4-5-7-19(18)28)30(26(33)25(22)32)27-29-20-13-8-15(2)14-21(20)35-27/h4-14,23,31H,3H2,1-2H3/b24-22+/t23-/m1/s1. The first-order valence-electron chi connectivity index (χ1n) is 11.0. The molecular weight excluding hydrogens is 467 g/mol. The number of thiazole rings is 1. The van der Waals surface area contributed by atoms with Crippen LogP contribution < -0.4 is 9.64 Å². The van der Waals surface area contributed by atoms with E-state index in [4.69, 9.17) is 4.74 Å². The van der Waals surface area contributed by atoms with E-state index >= 15 is 4.39 Å². The van der Waals surface area contributed by atoms with Crippen molar-refractivity contribution in [2.24, 2.45) is 0 Å². The van der Waals surface area contributed by atoms with E-state index in [0.29, 0.717) is 23.4 Å². The Kier molecular flexibility index (Phi) is 5.82. The number of nitrogens with zero attached hydrogens (tertiary/aromatic N) is 2. The smallest absolute Gasteiger partial charge is 0.301 e. The minimum absolute atomic E-state index is 0.0922. The lowest BCUT2D eigenvalue weighted by Crippen LogP contribution is -2.29. The molecule has 0 saturated carbocycles. The minimum atomic E-state index is -1.18. The van der Waals surface area contributed by atoms with Gasteiger partial charge in [-0.2, -0.15) is 0 Å². The van der Waals surface area contributed by atoms with Crippen LogP contribution in [-0.2, 0) is 9.59 Å². The molecule has 1 saturated heterocycles. The van der Waals surface area contributed by atoms with Crippen LogP contribution in [-0.4, -0.2) is 28.4 Å². The molecule has 5 rings (SSSR count). The highest BCUT2D eigenvalue weighted by atomic mass is 32.1. The Morgan fingerprint density at radius 3 is 2.57 bits per heavy atom. The number of ketones is 1. The zero-order valence-corrected chi connectivity index (χ0v) is 19.8. The summed E-state index contributed by atoms with van der Waals surface area (Å²) in [6.07, 6.45) is 0. The second kappa shape index (κ2) is 8.96. The summed E-state index contributed by atoms with van der Waals surface area (Å²) in [5.41, 5.74) is 1.90. The van der Waals surface area contributed by atoms with Crippen LogP contribution in [0.2, 0.25) is 0 Å². The molecule has 8 heteroatoms. The summed E-state index contributed by atoms with van der Waals surface area (Å²) in [6, 6.07) is 16.9. The third-order valence-electron chi connectivity index (χ3n) is 5.82. The first-order chi connectivity index (χ1) is 16.9. The molecule has 1 atom stereocenters. The molecule has 0 spiro atoms. The minimum Gasteiger partial charge on any atom is -0.507 e. The molecule has 1 aliphatic heterocycles. The number of ether oxygens (including phenoxy) is 1. The van der Waals surface area contributed by atoms with Crippen molar-refractivity contribution in [3.63, 3.8) is 0 Å². The molecule has 4 aromatic rings. The lowest BCUT2D eigenvalue weighted by molar-refractivity contribution is -0.132. The quantitative estimate of drug-likeness (QED) is 0.219. The Morgan fingerprint density at radius 2 is 1.86 bits per heavy atom. The van der Waals surface area contributed by atoms with Crippen molar-refractivity contribution in [3.05, 3.63) is 94.8 Å². The zero-order valence-electron chi connectivity index (χ0n) is 19.0. The lowest BCUT2D eigenvalue weighted by Gasteiger charge is -2.23. The van der Waals surface area contributed by atoms with Crippen LogP contribution in [0.1, 0.15) is 29.7 Å². The van der Waals surface area contributed by atoms with Crippen LogP contribution in [0.5, 0.6) is 5.75 Å². The van der Waals surface area contributed by atoms with E-state index in [9.17, 15) is 14.7 Å². The predicted octanol–water partition coefficient (Wildman–Crippen LogP) is 5.77. The van der Waals surface area contributed by atoms with Gasteiger partial charge < -0.3 is 9.84 Å². The fourth-order valence-corrected chi connectivity index (χ4v) is 5.27. The van der Waals surface area contributed by atoms with Crippen molar-refractivity contribution >= 4 is 44.1 Å². The summed E-state index contributed by atoms with van der Waals surface area (Å²) < 4.78 is 21.3. The van der Waals surface area contributed by atoms with Gasteiger partial charge in [-0.05, 0) is 61.9 Å². The van der Waals surface area contributed by atoms with E-state index in [-0.39, 0.29) is 22.0 Å². The van der Waals surface area contributed by atoms with Crippen LogP contribution in [0.4, 0.5) is 9.52 Å². The highest BCUT2D eigenvalue weighted by Gasteiger charge is 2.49. The number of halogens is 1. The van der Waals surface area contributed by atoms with E-state index < -0.39 is 23.5 Å². The maximum absolute atomic E-state index is 15.0. The number of aryl methyl sites for hydroxylation is 1. The molecular formula is C27H21FN2O4S. The van der Waals surface area contributed by atoms with Gasteiger partial charge in [-0.1, -0.05) is 35.6 Å². The third-order valence-corrected chi connectivity index (χ3v) is 6.84. The van der Waals surface area contributed by atoms with Crippen molar-refractivity contribution in [2.45, 2.75) is 19.9 Å². The zero-order chi connectivity index (χ0) is 24.7. The number of carbonyl (C=O) groups is 2. The Labute approximate surface area is 204 Å². The van der Waals surface area contributed by atoms with E-state index in [1.807, 2.05) is 32.0 Å². The number of hydrogen-bond acceptors (Lipinski definition) is 6. The van der Waals surface area contributed by atoms with E-state index in [0.717, 1.165) is 10.3 Å². The van der Waals surface area contributed by atoms with Gasteiger partial charge in [0, 0.05) is 11.1 Å². The number of aromatic nitrogens is 1. The summed E-state index contributed by atoms with van der Waals surface area (Å²) >= 11 is 1.23. The number of benzene rings is 3. The summed E-state index contributed by atoms with van der Waals surface area (Å²) in [6.45, 7) is 4.28. The maximum atomic E-state index is 15.0. The number of hydrogen-bond donors (Lipinski definition) is 1. The van der Waals surface area contributed by atoms with E-state index in [1.54, 1.807) is 30.3 Å². The SMILES string of the molecule is CCOc1ccc(/C(O)=C2\C(=O)C(=O)N(c3nc4ccc(C)cc4s3)[C@@H]2c2ccccc2F)cc1. The molecule has 3 aromatic carbocycles. The molecule has 1 fully saturated rings. The van der Waals surface area contributed by atoms with Crippen LogP contribution in [0.15, 0.2) is 72.3 Å². The van der Waals surface area contributed by atoms with Crippen LogP contribution in [0.25, 0.3) is 16.0 Å². The number of Topliss-reactive ketones (excluding diaryl/α,β-unsaturated/α-hetero) is 1. The van der Waals surface area contributed by atoms with Crippen LogP contribution in [0.3, 0.4) is 0 Å². The third kappa shape index (κ3) is 3.95. The normalized spacial score (nSPS) is 17.3. The topological polar surface area (TPSA) is 79.7 Å². The molecule has 6 nitrogen and oxygen atoms in total. The molecule has 1 amide bonds. The Balaban J connectivity index is 1.70. The number of anilines is 1. The number of aliphatic hydroxyl groups excluding tert-OH is 1. The lowest BCUT2D eigenvalue weighted by atomic mass is 9.95. The fraction of sp³-hybridized carbons (Fsp3) is 0.148. The van der Waals surface area contributed by atoms with E-state index in [1.165, 1.54) is 34.4 Å². The number of amides is 1. The molecule has 1 N–H and O–H groups in total. The molecule has 0 radical (unpaired) electrons. The monoisotopic (exact) mass is 488 g/mol. The van der Waals surface area contributed by atoms with Gasteiger partial charge in [0.1, 0.15) is 23.4 Å². The number of fused-ring (bicyclic) bond motifs is 1. The van der Waals surface area contributed by atoms with Gasteiger partial charge in [0.2, 0.25) is 0 Å². The van der Waals surface area contributed by atoms with Crippen LogP contribution >= 0.6 is 11.3 Å². The summed E-state index contributed by atoms with van der Waals surface area (Å²) in [5, 5.41) is 11.4. The van der Waals surface area contributed by atoms with Crippen molar-refractivity contribution in [1.82, 2.24) is 4.98 Å². The largest absolute Gasteiger partial charge is 0.507 e. The van der Waals surface area contributed by atoms with Crippen LogP contribution in [0, 0.1) is 12.7 Å². The number of rotatable bonds is 5. The number of carbonyl (C=O) groups excluding carboxylic acids is 2. The van der Waals surface area contributed by atoms with Crippen molar-refractivity contribution in [2.75, 3.05) is 11.5 Å². The first kappa shape index (κ1) is 22.7. The van der Waals surface area contributed by atoms with Crippen molar-refractivity contribution in [1.29, 1.82) is 0 Å². The molecule has 0 unspecified atom stereocenters. The van der Waals surface area contributed by atoms with Gasteiger partial charge >= 0.3 is 5.91 Å². The van der Waals surface area contributed by atoms with Gasteiger partial charge in [0.05, 0.1) is 22.4 Å². The molecule has 0 aliphatic carbocycles. The molecule has 0 bridgehead atoms. The van der Waals surface area contributed by atoms with Gasteiger partial charge in [0.25, 0.3) is 5.78 Å².